The van der Waals surface area contributed by atoms with Crippen LogP contribution < -0.4 is 9.47 Å². The summed E-state index contributed by atoms with van der Waals surface area (Å²) in [5, 5.41) is -0.121. The van der Waals surface area contributed by atoms with Gasteiger partial charge in [-0.2, -0.15) is 0 Å². The molecule has 0 fully saturated rings. The van der Waals surface area contributed by atoms with E-state index in [1.807, 2.05) is 6.92 Å². The van der Waals surface area contributed by atoms with Crippen LogP contribution in [0.3, 0.4) is 0 Å². The molecule has 0 radical (unpaired) electrons. The summed E-state index contributed by atoms with van der Waals surface area (Å²) in [5.74, 6) is -2.07. The van der Waals surface area contributed by atoms with Gasteiger partial charge in [0, 0.05) is 0 Å². The topological polar surface area (TPSA) is 57.1 Å². The highest BCUT2D eigenvalue weighted by atomic mass is 127. The van der Waals surface area contributed by atoms with E-state index < -0.39 is 17.6 Å². The molecule has 0 bridgehead atoms. The van der Waals surface area contributed by atoms with E-state index >= 15 is 0 Å². The highest BCUT2D eigenvalue weighted by Gasteiger charge is 2.27. The smallest absolute Gasteiger partial charge is 0.363 e. The second-order valence-electron chi connectivity index (χ2n) is 5.55. The molecule has 1 heterocycles. The van der Waals surface area contributed by atoms with E-state index in [9.17, 15) is 13.6 Å². The van der Waals surface area contributed by atoms with Gasteiger partial charge in [-0.3, -0.25) is 0 Å². The number of nitrogens with zero attached hydrogens (tertiary/aromatic N) is 1. The molecule has 0 amide bonds. The molecule has 9 heteroatoms. The van der Waals surface area contributed by atoms with Crippen molar-refractivity contribution in [1.29, 1.82) is 0 Å². The second kappa shape index (κ2) is 8.44. The Balaban J connectivity index is 2.00. The highest BCUT2D eigenvalue weighted by molar-refractivity contribution is 14.1. The minimum absolute atomic E-state index is 0.0159. The van der Waals surface area contributed by atoms with Crippen molar-refractivity contribution in [2.75, 3.05) is 13.7 Å². The van der Waals surface area contributed by atoms with Crippen molar-refractivity contribution in [2.24, 2.45) is 4.99 Å². The van der Waals surface area contributed by atoms with Crippen molar-refractivity contribution in [1.82, 2.24) is 0 Å². The molecular weight excluding hydrogens is 507 g/mol. The Morgan fingerprint density at radius 1 is 1.25 bits per heavy atom. The van der Waals surface area contributed by atoms with Gasteiger partial charge in [-0.1, -0.05) is 11.6 Å². The fourth-order valence-electron chi connectivity index (χ4n) is 2.48. The maximum atomic E-state index is 13.5. The minimum atomic E-state index is -1.12. The predicted octanol–water partition coefficient (Wildman–Crippen LogP) is 4.97. The maximum Gasteiger partial charge on any atom is 0.363 e. The number of aliphatic imine (C=N–C) groups is 1. The molecule has 0 aliphatic carbocycles. The second-order valence-corrected chi connectivity index (χ2v) is 7.12. The molecular formula is C19H13ClF2INO4. The Labute approximate surface area is 178 Å². The Kier molecular flexibility index (Phi) is 6.19. The molecule has 0 atom stereocenters. The van der Waals surface area contributed by atoms with Gasteiger partial charge in [-0.05, 0) is 65.4 Å². The molecule has 2 aromatic carbocycles. The molecule has 1 aliphatic rings. The van der Waals surface area contributed by atoms with Crippen molar-refractivity contribution in [3.05, 3.63) is 61.3 Å². The molecule has 2 aromatic rings. The Morgan fingerprint density at radius 2 is 1.96 bits per heavy atom. The van der Waals surface area contributed by atoms with Crippen LogP contribution in [-0.2, 0) is 9.53 Å². The van der Waals surface area contributed by atoms with Crippen LogP contribution in [0.15, 0.2) is 35.0 Å². The third-order valence-corrected chi connectivity index (χ3v) is 4.82. The normalized spacial score (nSPS) is 14.9. The maximum absolute atomic E-state index is 13.5. The third-order valence-electron chi connectivity index (χ3n) is 3.70. The molecule has 3 rings (SSSR count). The zero-order valence-electron chi connectivity index (χ0n) is 14.7. The predicted molar refractivity (Wildman–Crippen MR) is 109 cm³/mol. The monoisotopic (exact) mass is 519 g/mol. The fourth-order valence-corrected chi connectivity index (χ4v) is 3.49. The van der Waals surface area contributed by atoms with Crippen molar-refractivity contribution < 1.29 is 27.8 Å². The van der Waals surface area contributed by atoms with E-state index in [1.54, 1.807) is 12.1 Å². The largest absolute Gasteiger partial charge is 0.493 e. The van der Waals surface area contributed by atoms with E-state index in [-0.39, 0.29) is 22.2 Å². The summed E-state index contributed by atoms with van der Waals surface area (Å²) < 4.78 is 43.5. The summed E-state index contributed by atoms with van der Waals surface area (Å²) >= 11 is 8.01. The van der Waals surface area contributed by atoms with E-state index in [4.69, 9.17) is 25.8 Å². The van der Waals surface area contributed by atoms with Gasteiger partial charge in [0.1, 0.15) is 0 Å². The summed E-state index contributed by atoms with van der Waals surface area (Å²) in [6, 6.07) is 5.09. The molecule has 1 aliphatic heterocycles. The average molecular weight is 520 g/mol. The number of cyclic esters (lactones) is 1. The molecule has 0 spiro atoms. The molecule has 0 saturated heterocycles. The SMILES string of the molecule is CCOc1c(I)cc(C=C2N=C(c3cc(F)c(F)cc3Cl)OC2=O)cc1OC. The van der Waals surface area contributed by atoms with Gasteiger partial charge in [-0.25, -0.2) is 18.6 Å². The van der Waals surface area contributed by atoms with Crippen LogP contribution in [0.4, 0.5) is 8.78 Å². The summed E-state index contributed by atoms with van der Waals surface area (Å²) in [4.78, 5) is 16.2. The summed E-state index contributed by atoms with van der Waals surface area (Å²) in [7, 11) is 1.51. The quantitative estimate of drug-likeness (QED) is 0.242. The summed E-state index contributed by atoms with van der Waals surface area (Å²) in [6.45, 7) is 2.33. The van der Waals surface area contributed by atoms with Crippen LogP contribution in [0.25, 0.3) is 6.08 Å². The number of halogens is 4. The van der Waals surface area contributed by atoms with E-state index in [2.05, 4.69) is 27.6 Å². The van der Waals surface area contributed by atoms with Gasteiger partial charge in [0.2, 0.25) is 5.90 Å². The number of esters is 1. The number of rotatable bonds is 5. The molecule has 5 nitrogen and oxygen atoms in total. The average Bonchev–Trinajstić information content (AvgIpc) is 3.00. The number of hydrogen-bond acceptors (Lipinski definition) is 5. The zero-order chi connectivity index (χ0) is 20.4. The molecule has 0 aromatic heterocycles. The van der Waals surface area contributed by atoms with Gasteiger partial charge >= 0.3 is 5.97 Å². The Hall–Kier alpha value is -2.20. The van der Waals surface area contributed by atoms with Crippen LogP contribution >= 0.6 is 34.2 Å². The van der Waals surface area contributed by atoms with Gasteiger partial charge < -0.3 is 14.2 Å². The lowest BCUT2D eigenvalue weighted by molar-refractivity contribution is -0.129. The fraction of sp³-hybridized carbons (Fsp3) is 0.158. The van der Waals surface area contributed by atoms with Crippen molar-refractivity contribution in [2.45, 2.75) is 6.92 Å². The first-order valence-corrected chi connectivity index (χ1v) is 9.47. The number of carbonyl (C=O) groups is 1. The van der Waals surface area contributed by atoms with Crippen LogP contribution in [0.1, 0.15) is 18.1 Å². The molecule has 0 unspecified atom stereocenters. The summed E-state index contributed by atoms with van der Waals surface area (Å²) in [6.07, 6.45) is 1.49. The van der Waals surface area contributed by atoms with Crippen LogP contribution in [0.2, 0.25) is 5.02 Å². The highest BCUT2D eigenvalue weighted by Crippen LogP contribution is 2.35. The molecule has 28 heavy (non-hydrogen) atoms. The third kappa shape index (κ3) is 4.12. The number of ether oxygens (including phenoxy) is 3. The van der Waals surface area contributed by atoms with Crippen molar-refractivity contribution >= 4 is 52.1 Å². The van der Waals surface area contributed by atoms with Crippen LogP contribution in [-0.4, -0.2) is 25.6 Å². The standard InChI is InChI=1S/C19H13ClF2INO4/c1-3-27-17-14(23)4-9(6-16(17)26-2)5-15-19(25)28-18(24-15)10-7-12(21)13(22)8-11(10)20/h4-8H,3H2,1-2H3. The summed E-state index contributed by atoms with van der Waals surface area (Å²) in [5.41, 5.74) is 0.590. The van der Waals surface area contributed by atoms with Gasteiger partial charge in [0.05, 0.1) is 27.9 Å². The number of carbonyl (C=O) groups excluding carboxylic acids is 1. The lowest BCUT2D eigenvalue weighted by atomic mass is 10.1. The minimum Gasteiger partial charge on any atom is -0.493 e. The molecule has 0 N–H and O–H groups in total. The van der Waals surface area contributed by atoms with Crippen molar-refractivity contribution in [3.8, 4) is 11.5 Å². The molecule has 0 saturated carbocycles. The molecule has 146 valence electrons. The number of hydrogen-bond donors (Lipinski definition) is 0. The lowest BCUT2D eigenvalue weighted by Crippen LogP contribution is -2.07. The first-order valence-electron chi connectivity index (χ1n) is 8.01. The zero-order valence-corrected chi connectivity index (χ0v) is 17.6. The Morgan fingerprint density at radius 3 is 2.64 bits per heavy atom. The van der Waals surface area contributed by atoms with E-state index in [1.165, 1.54) is 13.2 Å². The number of benzene rings is 2. The Bertz CT molecular complexity index is 1020. The first kappa shape index (κ1) is 20.5. The lowest BCUT2D eigenvalue weighted by Gasteiger charge is -2.12. The van der Waals surface area contributed by atoms with E-state index in [0.717, 1.165) is 15.7 Å². The van der Waals surface area contributed by atoms with E-state index in [0.29, 0.717) is 23.7 Å². The van der Waals surface area contributed by atoms with Gasteiger partial charge in [0.15, 0.2) is 28.8 Å². The van der Waals surface area contributed by atoms with Crippen LogP contribution in [0, 0.1) is 15.2 Å². The number of methoxy groups -OCH3 is 1. The first-order chi connectivity index (χ1) is 13.3. The van der Waals surface area contributed by atoms with Crippen LogP contribution in [0.5, 0.6) is 11.5 Å². The van der Waals surface area contributed by atoms with Crippen molar-refractivity contribution in [3.63, 3.8) is 0 Å². The van der Waals surface area contributed by atoms with Gasteiger partial charge in [-0.15, -0.1) is 0 Å². The van der Waals surface area contributed by atoms with Gasteiger partial charge in [0.25, 0.3) is 0 Å².